The SMILES string of the molecule is CC(C)OC(=O)C(C)C(C)OC(=O)c1ccccc1. The Morgan fingerprint density at radius 3 is 2.05 bits per heavy atom. The van der Waals surface area contributed by atoms with Crippen LogP contribution in [-0.4, -0.2) is 24.1 Å². The van der Waals surface area contributed by atoms with Crippen molar-refractivity contribution < 1.29 is 19.1 Å². The zero-order chi connectivity index (χ0) is 14.4. The molecule has 4 heteroatoms. The molecule has 19 heavy (non-hydrogen) atoms. The third kappa shape index (κ3) is 4.73. The van der Waals surface area contributed by atoms with Gasteiger partial charge in [-0.3, -0.25) is 4.79 Å². The Morgan fingerprint density at radius 2 is 1.53 bits per heavy atom. The summed E-state index contributed by atoms with van der Waals surface area (Å²) in [5, 5.41) is 0. The average Bonchev–Trinajstić information content (AvgIpc) is 2.37. The van der Waals surface area contributed by atoms with Gasteiger partial charge in [0.15, 0.2) is 0 Å². The van der Waals surface area contributed by atoms with Crippen LogP contribution < -0.4 is 0 Å². The Balaban J connectivity index is 2.57. The Labute approximate surface area is 113 Å². The summed E-state index contributed by atoms with van der Waals surface area (Å²) in [6, 6.07) is 8.69. The molecule has 0 bridgehead atoms. The van der Waals surface area contributed by atoms with Crippen LogP contribution in [0.3, 0.4) is 0 Å². The lowest BCUT2D eigenvalue weighted by molar-refractivity contribution is -0.155. The smallest absolute Gasteiger partial charge is 0.338 e. The normalized spacial score (nSPS) is 13.7. The number of rotatable bonds is 5. The number of hydrogen-bond donors (Lipinski definition) is 0. The van der Waals surface area contributed by atoms with Crippen LogP contribution in [0.15, 0.2) is 30.3 Å². The van der Waals surface area contributed by atoms with Crippen LogP contribution in [0.2, 0.25) is 0 Å². The fourth-order valence-corrected chi connectivity index (χ4v) is 1.44. The molecule has 0 saturated carbocycles. The van der Waals surface area contributed by atoms with Gasteiger partial charge >= 0.3 is 11.9 Å². The van der Waals surface area contributed by atoms with Crippen molar-refractivity contribution in [2.24, 2.45) is 5.92 Å². The van der Waals surface area contributed by atoms with E-state index in [2.05, 4.69) is 0 Å². The summed E-state index contributed by atoms with van der Waals surface area (Å²) in [5.74, 6) is -1.28. The molecule has 0 aliphatic heterocycles. The number of benzene rings is 1. The van der Waals surface area contributed by atoms with E-state index in [1.165, 1.54) is 0 Å². The third-order valence-corrected chi connectivity index (χ3v) is 2.73. The number of esters is 2. The summed E-state index contributed by atoms with van der Waals surface area (Å²) in [6.45, 7) is 6.94. The van der Waals surface area contributed by atoms with Gasteiger partial charge in [-0.15, -0.1) is 0 Å². The third-order valence-electron chi connectivity index (χ3n) is 2.73. The van der Waals surface area contributed by atoms with Crippen LogP contribution in [0.4, 0.5) is 0 Å². The number of ether oxygens (including phenoxy) is 2. The minimum Gasteiger partial charge on any atom is -0.463 e. The summed E-state index contributed by atoms with van der Waals surface area (Å²) < 4.78 is 10.4. The molecule has 0 heterocycles. The zero-order valence-corrected chi connectivity index (χ0v) is 11.8. The molecular weight excluding hydrogens is 244 g/mol. The molecule has 4 nitrogen and oxygen atoms in total. The van der Waals surface area contributed by atoms with Gasteiger partial charge < -0.3 is 9.47 Å². The van der Waals surface area contributed by atoms with Crippen LogP contribution in [-0.2, 0) is 14.3 Å². The lowest BCUT2D eigenvalue weighted by atomic mass is 10.1. The zero-order valence-electron chi connectivity index (χ0n) is 11.8. The fourth-order valence-electron chi connectivity index (χ4n) is 1.44. The lowest BCUT2D eigenvalue weighted by Gasteiger charge is -2.20. The fraction of sp³-hybridized carbons (Fsp3) is 0.467. The molecule has 0 fully saturated rings. The second kappa shape index (κ2) is 6.92. The van der Waals surface area contributed by atoms with E-state index in [1.807, 2.05) is 6.07 Å². The Bertz CT molecular complexity index is 425. The highest BCUT2D eigenvalue weighted by molar-refractivity contribution is 5.89. The van der Waals surface area contributed by atoms with Crippen LogP contribution >= 0.6 is 0 Å². The second-order valence-corrected chi connectivity index (χ2v) is 4.75. The van der Waals surface area contributed by atoms with Crippen molar-refractivity contribution in [1.29, 1.82) is 0 Å². The maximum absolute atomic E-state index is 11.8. The molecule has 0 spiro atoms. The van der Waals surface area contributed by atoms with Crippen molar-refractivity contribution in [2.75, 3.05) is 0 Å². The molecule has 1 rings (SSSR count). The first kappa shape index (κ1) is 15.2. The molecule has 2 unspecified atom stereocenters. The van der Waals surface area contributed by atoms with Crippen molar-refractivity contribution >= 4 is 11.9 Å². The number of carbonyl (C=O) groups excluding carboxylic acids is 2. The molecule has 0 N–H and O–H groups in total. The minimum atomic E-state index is -0.529. The second-order valence-electron chi connectivity index (χ2n) is 4.75. The van der Waals surface area contributed by atoms with E-state index in [4.69, 9.17) is 9.47 Å². The molecule has 0 radical (unpaired) electrons. The first-order valence-corrected chi connectivity index (χ1v) is 6.38. The Hall–Kier alpha value is -1.84. The van der Waals surface area contributed by atoms with E-state index in [0.717, 1.165) is 0 Å². The van der Waals surface area contributed by atoms with Gasteiger partial charge in [-0.1, -0.05) is 18.2 Å². The first-order valence-electron chi connectivity index (χ1n) is 6.38. The topological polar surface area (TPSA) is 52.6 Å². The van der Waals surface area contributed by atoms with Gasteiger partial charge in [0.1, 0.15) is 6.10 Å². The van der Waals surface area contributed by atoms with Crippen molar-refractivity contribution in [3.63, 3.8) is 0 Å². The quantitative estimate of drug-likeness (QED) is 0.767. The van der Waals surface area contributed by atoms with E-state index >= 15 is 0 Å². The van der Waals surface area contributed by atoms with Crippen molar-refractivity contribution in [3.05, 3.63) is 35.9 Å². The lowest BCUT2D eigenvalue weighted by Crippen LogP contribution is -2.30. The van der Waals surface area contributed by atoms with E-state index in [9.17, 15) is 9.59 Å². The van der Waals surface area contributed by atoms with Crippen molar-refractivity contribution in [2.45, 2.75) is 39.9 Å². The van der Waals surface area contributed by atoms with Gasteiger partial charge in [-0.05, 0) is 39.8 Å². The Morgan fingerprint density at radius 1 is 0.947 bits per heavy atom. The molecule has 1 aromatic rings. The average molecular weight is 264 g/mol. The van der Waals surface area contributed by atoms with E-state index in [0.29, 0.717) is 5.56 Å². The highest BCUT2D eigenvalue weighted by Crippen LogP contribution is 2.13. The summed E-state index contributed by atoms with van der Waals surface area (Å²) in [6.07, 6.45) is -0.703. The van der Waals surface area contributed by atoms with Gasteiger partial charge in [-0.2, -0.15) is 0 Å². The molecular formula is C15H20O4. The Kier molecular flexibility index (Phi) is 5.55. The molecule has 0 amide bonds. The van der Waals surface area contributed by atoms with Crippen LogP contribution in [0, 0.1) is 5.92 Å². The van der Waals surface area contributed by atoms with Crippen LogP contribution in [0.25, 0.3) is 0 Å². The van der Waals surface area contributed by atoms with Crippen molar-refractivity contribution in [1.82, 2.24) is 0 Å². The van der Waals surface area contributed by atoms with E-state index in [1.54, 1.807) is 52.0 Å². The molecule has 0 saturated heterocycles. The van der Waals surface area contributed by atoms with E-state index in [-0.39, 0.29) is 12.1 Å². The molecule has 104 valence electrons. The molecule has 2 atom stereocenters. The van der Waals surface area contributed by atoms with Crippen LogP contribution in [0.1, 0.15) is 38.1 Å². The first-order chi connectivity index (χ1) is 8.91. The molecule has 0 aromatic heterocycles. The molecule has 0 aliphatic rings. The van der Waals surface area contributed by atoms with Gasteiger partial charge in [0.25, 0.3) is 0 Å². The molecule has 1 aromatic carbocycles. The number of hydrogen-bond acceptors (Lipinski definition) is 4. The maximum atomic E-state index is 11.8. The van der Waals surface area contributed by atoms with Crippen molar-refractivity contribution in [3.8, 4) is 0 Å². The van der Waals surface area contributed by atoms with Gasteiger partial charge in [0, 0.05) is 0 Å². The van der Waals surface area contributed by atoms with Crippen LogP contribution in [0.5, 0.6) is 0 Å². The predicted molar refractivity (Wildman–Crippen MR) is 71.7 cm³/mol. The minimum absolute atomic E-state index is 0.174. The van der Waals surface area contributed by atoms with E-state index < -0.39 is 18.0 Å². The summed E-state index contributed by atoms with van der Waals surface area (Å²) >= 11 is 0. The van der Waals surface area contributed by atoms with Gasteiger partial charge in [-0.25, -0.2) is 4.79 Å². The predicted octanol–water partition coefficient (Wildman–Crippen LogP) is 2.82. The largest absolute Gasteiger partial charge is 0.463 e. The number of carbonyl (C=O) groups is 2. The molecule has 0 aliphatic carbocycles. The monoisotopic (exact) mass is 264 g/mol. The highest BCUT2D eigenvalue weighted by Gasteiger charge is 2.25. The summed E-state index contributed by atoms with van der Waals surface area (Å²) in [4.78, 5) is 23.5. The van der Waals surface area contributed by atoms with Gasteiger partial charge in [0.05, 0.1) is 17.6 Å². The highest BCUT2D eigenvalue weighted by atomic mass is 16.6. The van der Waals surface area contributed by atoms with Gasteiger partial charge in [0.2, 0.25) is 0 Å². The summed E-state index contributed by atoms with van der Waals surface area (Å²) in [5.41, 5.74) is 0.471. The summed E-state index contributed by atoms with van der Waals surface area (Å²) in [7, 11) is 0. The maximum Gasteiger partial charge on any atom is 0.338 e. The standard InChI is InChI=1S/C15H20O4/c1-10(2)18-14(16)11(3)12(4)19-15(17)13-8-6-5-7-9-13/h5-12H,1-4H3.